The van der Waals surface area contributed by atoms with Gasteiger partial charge in [-0.15, -0.1) is 0 Å². The minimum atomic E-state index is -0.170. The molecule has 0 aliphatic carbocycles. The molecule has 5 nitrogen and oxygen atoms in total. The van der Waals surface area contributed by atoms with Gasteiger partial charge in [0, 0.05) is 20.1 Å². The highest BCUT2D eigenvalue weighted by atomic mass is 35.5. The van der Waals surface area contributed by atoms with E-state index in [1.807, 2.05) is 0 Å². The summed E-state index contributed by atoms with van der Waals surface area (Å²) in [6.07, 6.45) is 0.254. The van der Waals surface area contributed by atoms with Gasteiger partial charge in [0.15, 0.2) is 5.75 Å². The Morgan fingerprint density at radius 1 is 1.44 bits per heavy atom. The molecule has 0 saturated carbocycles. The Morgan fingerprint density at radius 2 is 2.22 bits per heavy atom. The van der Waals surface area contributed by atoms with Crippen LogP contribution in [0.4, 0.5) is 5.69 Å². The number of ether oxygens (including phenoxy) is 2. The Morgan fingerprint density at radius 3 is 2.89 bits per heavy atom. The quantitative estimate of drug-likeness (QED) is 0.740. The monoisotopic (exact) mass is 272 g/mol. The van der Waals surface area contributed by atoms with Crippen molar-refractivity contribution in [2.24, 2.45) is 5.73 Å². The minimum absolute atomic E-state index is 0.170. The van der Waals surface area contributed by atoms with Crippen LogP contribution in [-0.4, -0.2) is 32.8 Å². The van der Waals surface area contributed by atoms with Gasteiger partial charge in [0.2, 0.25) is 5.91 Å². The number of hydrogen-bond donors (Lipinski definition) is 2. The van der Waals surface area contributed by atoms with Crippen LogP contribution in [0.5, 0.6) is 5.75 Å². The van der Waals surface area contributed by atoms with Crippen LogP contribution in [0.3, 0.4) is 0 Å². The average molecular weight is 273 g/mol. The standard InChI is InChI=1S/C12H17ClN2O3/c1-17-7-8-18-12-9(13)3-2-4-10(12)15-11(16)5-6-14/h2-4H,5-8,14H2,1H3,(H,15,16). The summed E-state index contributed by atoms with van der Waals surface area (Å²) in [5.74, 6) is 0.276. The molecule has 0 saturated heterocycles. The molecule has 0 spiro atoms. The number of rotatable bonds is 7. The van der Waals surface area contributed by atoms with Gasteiger partial charge in [0.05, 0.1) is 17.3 Å². The summed E-state index contributed by atoms with van der Waals surface area (Å²) in [6.45, 7) is 1.10. The summed E-state index contributed by atoms with van der Waals surface area (Å²) in [4.78, 5) is 11.5. The van der Waals surface area contributed by atoms with Gasteiger partial charge in [0.1, 0.15) is 6.61 Å². The highest BCUT2D eigenvalue weighted by molar-refractivity contribution is 6.32. The number of amides is 1. The van der Waals surface area contributed by atoms with Gasteiger partial charge >= 0.3 is 0 Å². The van der Waals surface area contributed by atoms with Crippen molar-refractivity contribution in [1.29, 1.82) is 0 Å². The van der Waals surface area contributed by atoms with Crippen molar-refractivity contribution in [1.82, 2.24) is 0 Å². The highest BCUT2D eigenvalue weighted by Gasteiger charge is 2.10. The molecule has 0 aliphatic heterocycles. The minimum Gasteiger partial charge on any atom is -0.487 e. The third-order valence-electron chi connectivity index (χ3n) is 2.15. The molecule has 0 fully saturated rings. The molecule has 1 rings (SSSR count). The number of anilines is 1. The number of para-hydroxylation sites is 1. The topological polar surface area (TPSA) is 73.6 Å². The van der Waals surface area contributed by atoms with Crippen molar-refractivity contribution in [3.05, 3.63) is 23.2 Å². The normalized spacial score (nSPS) is 10.2. The number of hydrogen-bond acceptors (Lipinski definition) is 4. The fourth-order valence-electron chi connectivity index (χ4n) is 1.32. The number of nitrogens with one attached hydrogen (secondary N) is 1. The second kappa shape index (κ2) is 7.92. The molecule has 18 heavy (non-hydrogen) atoms. The fraction of sp³-hybridized carbons (Fsp3) is 0.417. The first kappa shape index (κ1) is 14.8. The Bertz CT molecular complexity index is 399. The largest absolute Gasteiger partial charge is 0.487 e. The van der Waals surface area contributed by atoms with E-state index in [1.165, 1.54) is 0 Å². The molecule has 0 radical (unpaired) electrons. The van der Waals surface area contributed by atoms with Gasteiger partial charge < -0.3 is 20.5 Å². The van der Waals surface area contributed by atoms with Crippen LogP contribution in [0.1, 0.15) is 6.42 Å². The first-order chi connectivity index (χ1) is 8.69. The predicted octanol–water partition coefficient (Wildman–Crippen LogP) is 1.65. The molecule has 0 heterocycles. The lowest BCUT2D eigenvalue weighted by molar-refractivity contribution is -0.116. The van der Waals surface area contributed by atoms with E-state index < -0.39 is 0 Å². The van der Waals surface area contributed by atoms with Crippen LogP contribution in [0, 0.1) is 0 Å². The maximum Gasteiger partial charge on any atom is 0.225 e. The molecule has 0 aromatic heterocycles. The van der Waals surface area contributed by atoms with Crippen LogP contribution in [0.15, 0.2) is 18.2 Å². The van der Waals surface area contributed by atoms with Crippen molar-refractivity contribution in [2.45, 2.75) is 6.42 Å². The first-order valence-electron chi connectivity index (χ1n) is 5.59. The smallest absolute Gasteiger partial charge is 0.225 e. The van der Waals surface area contributed by atoms with Crippen molar-refractivity contribution in [2.75, 3.05) is 32.2 Å². The van der Waals surface area contributed by atoms with Crippen LogP contribution < -0.4 is 15.8 Å². The third kappa shape index (κ3) is 4.52. The Kier molecular flexibility index (Phi) is 6.49. The van der Waals surface area contributed by atoms with Crippen LogP contribution >= 0.6 is 11.6 Å². The van der Waals surface area contributed by atoms with E-state index in [0.29, 0.717) is 36.2 Å². The molecule has 0 unspecified atom stereocenters. The molecule has 3 N–H and O–H groups in total. The average Bonchev–Trinajstić information content (AvgIpc) is 2.33. The molecular formula is C12H17ClN2O3. The Labute approximate surface area is 111 Å². The van der Waals surface area contributed by atoms with Crippen molar-refractivity contribution < 1.29 is 14.3 Å². The number of methoxy groups -OCH3 is 1. The zero-order chi connectivity index (χ0) is 13.4. The van der Waals surface area contributed by atoms with E-state index in [4.69, 9.17) is 26.8 Å². The summed E-state index contributed by atoms with van der Waals surface area (Å²) in [7, 11) is 1.58. The summed E-state index contributed by atoms with van der Waals surface area (Å²) in [5.41, 5.74) is 5.85. The number of benzene rings is 1. The van der Waals surface area contributed by atoms with Crippen LogP contribution in [0.25, 0.3) is 0 Å². The van der Waals surface area contributed by atoms with Gasteiger partial charge in [-0.3, -0.25) is 4.79 Å². The van der Waals surface area contributed by atoms with E-state index in [0.717, 1.165) is 0 Å². The summed E-state index contributed by atoms with van der Waals surface area (Å²) >= 11 is 6.03. The number of carbonyl (C=O) groups is 1. The van der Waals surface area contributed by atoms with E-state index in [1.54, 1.807) is 25.3 Å². The van der Waals surface area contributed by atoms with Gasteiger partial charge in [0.25, 0.3) is 0 Å². The Balaban J connectivity index is 2.76. The molecule has 100 valence electrons. The highest BCUT2D eigenvalue weighted by Crippen LogP contribution is 2.32. The number of halogens is 1. The number of nitrogens with two attached hydrogens (primary N) is 1. The molecule has 0 atom stereocenters. The van der Waals surface area contributed by atoms with Gasteiger partial charge in [-0.25, -0.2) is 0 Å². The van der Waals surface area contributed by atoms with Crippen LogP contribution in [0.2, 0.25) is 5.02 Å². The molecule has 1 aromatic rings. The predicted molar refractivity (Wildman–Crippen MR) is 71.1 cm³/mol. The molecule has 1 amide bonds. The third-order valence-corrected chi connectivity index (χ3v) is 2.44. The zero-order valence-corrected chi connectivity index (χ0v) is 11.0. The second-order valence-corrected chi connectivity index (χ2v) is 3.95. The molecule has 1 aromatic carbocycles. The lowest BCUT2D eigenvalue weighted by Gasteiger charge is -2.13. The summed E-state index contributed by atoms with van der Waals surface area (Å²) in [6, 6.07) is 5.16. The Hall–Kier alpha value is -1.30. The van der Waals surface area contributed by atoms with Gasteiger partial charge in [-0.1, -0.05) is 17.7 Å². The number of carbonyl (C=O) groups excluding carboxylic acids is 1. The molecular weight excluding hydrogens is 256 g/mol. The van der Waals surface area contributed by atoms with E-state index in [-0.39, 0.29) is 12.3 Å². The first-order valence-corrected chi connectivity index (χ1v) is 5.97. The maximum atomic E-state index is 11.5. The van der Waals surface area contributed by atoms with Gasteiger partial charge in [-0.05, 0) is 12.1 Å². The van der Waals surface area contributed by atoms with E-state index >= 15 is 0 Å². The second-order valence-electron chi connectivity index (χ2n) is 3.54. The van der Waals surface area contributed by atoms with E-state index in [9.17, 15) is 4.79 Å². The molecule has 0 aliphatic rings. The summed E-state index contributed by atoms with van der Waals surface area (Å²) < 4.78 is 10.4. The van der Waals surface area contributed by atoms with Crippen molar-refractivity contribution >= 4 is 23.2 Å². The molecule has 0 bridgehead atoms. The maximum absolute atomic E-state index is 11.5. The van der Waals surface area contributed by atoms with Gasteiger partial charge in [-0.2, -0.15) is 0 Å². The summed E-state index contributed by atoms with van der Waals surface area (Å²) in [5, 5.41) is 3.15. The zero-order valence-electron chi connectivity index (χ0n) is 10.2. The van der Waals surface area contributed by atoms with Crippen LogP contribution in [-0.2, 0) is 9.53 Å². The lowest BCUT2D eigenvalue weighted by atomic mass is 10.2. The van der Waals surface area contributed by atoms with Crippen molar-refractivity contribution in [3.63, 3.8) is 0 Å². The van der Waals surface area contributed by atoms with Crippen molar-refractivity contribution in [3.8, 4) is 5.75 Å². The fourth-order valence-corrected chi connectivity index (χ4v) is 1.55. The van der Waals surface area contributed by atoms with E-state index in [2.05, 4.69) is 5.32 Å². The SMILES string of the molecule is COCCOc1c(Cl)cccc1NC(=O)CCN. The lowest BCUT2D eigenvalue weighted by Crippen LogP contribution is -2.17. The molecule has 6 heteroatoms.